The lowest BCUT2D eigenvalue weighted by molar-refractivity contribution is -0.142. The number of carbonyl (C=O) groups excluding carboxylic acids is 1. The topological polar surface area (TPSA) is 85.7 Å². The molecule has 0 aliphatic rings. The minimum absolute atomic E-state index is 0.0123. The molecule has 1 heterocycles. The first-order valence-corrected chi connectivity index (χ1v) is 12.2. The second-order valence-electron chi connectivity index (χ2n) is 7.42. The molecule has 1 aromatic carbocycles. The van der Waals surface area contributed by atoms with Gasteiger partial charge in [-0.15, -0.1) is 23.1 Å². The van der Waals surface area contributed by atoms with Gasteiger partial charge >= 0.3 is 12.1 Å². The highest BCUT2D eigenvalue weighted by atomic mass is 32.2. The number of alkyl halides is 3. The first-order valence-electron chi connectivity index (χ1n) is 10.4. The summed E-state index contributed by atoms with van der Waals surface area (Å²) in [7, 11) is 3.65. The van der Waals surface area contributed by atoms with Gasteiger partial charge in [-0.05, 0) is 55.3 Å². The number of aliphatic hydroxyl groups is 1. The molecule has 0 amide bonds. The van der Waals surface area contributed by atoms with E-state index in [1.54, 1.807) is 23.9 Å². The molecule has 0 fully saturated rings. The van der Waals surface area contributed by atoms with Gasteiger partial charge in [-0.1, -0.05) is 19.1 Å². The summed E-state index contributed by atoms with van der Waals surface area (Å²) < 4.78 is 44.1. The van der Waals surface area contributed by atoms with Crippen LogP contribution in [0.15, 0.2) is 41.3 Å². The number of halogens is 3. The van der Waals surface area contributed by atoms with Crippen molar-refractivity contribution >= 4 is 40.5 Å². The van der Waals surface area contributed by atoms with Gasteiger partial charge in [0.05, 0.1) is 17.2 Å². The highest BCUT2D eigenvalue weighted by Crippen LogP contribution is 2.35. The highest BCUT2D eigenvalue weighted by molar-refractivity contribution is 7.99. The average Bonchev–Trinajstić information content (AvgIpc) is 3.26. The molecule has 11 heteroatoms. The van der Waals surface area contributed by atoms with Crippen LogP contribution in [-0.2, 0) is 16.1 Å². The third-order valence-electron chi connectivity index (χ3n) is 4.51. The van der Waals surface area contributed by atoms with E-state index in [1.165, 1.54) is 11.3 Å². The molecule has 0 bridgehead atoms. The van der Waals surface area contributed by atoms with Crippen LogP contribution in [0.1, 0.15) is 17.4 Å². The molecule has 2 aromatic rings. The van der Waals surface area contributed by atoms with Gasteiger partial charge in [0, 0.05) is 16.3 Å². The van der Waals surface area contributed by atoms with E-state index in [1.807, 2.05) is 44.1 Å². The van der Waals surface area contributed by atoms with Gasteiger partial charge in [-0.25, -0.2) is 0 Å². The van der Waals surface area contributed by atoms with Gasteiger partial charge in [0.25, 0.3) is 0 Å². The van der Waals surface area contributed by atoms with Crippen LogP contribution >= 0.6 is 23.1 Å². The lowest BCUT2D eigenvalue weighted by atomic mass is 10.1. The van der Waals surface area contributed by atoms with Gasteiger partial charge in [0.15, 0.2) is 0 Å². The Hall–Kier alpha value is -2.34. The normalized spacial score (nSPS) is 12.2. The standard InChI is InChI=1S/C23H28F3N3O3S2/c1-4-33-20-11-15(5-6-16(20)14-30)18-7-8-19(34-18)17(12-21(27)23(24,25)26)28-13-22(31)32-10-9-29(2)3/h5-8,11-12,27-28,30H,4,9-10,13-14H2,1-3H3/b17-12-,27-21?. The van der Waals surface area contributed by atoms with E-state index >= 15 is 0 Å². The highest BCUT2D eigenvalue weighted by Gasteiger charge is 2.33. The average molecular weight is 516 g/mol. The number of hydrogen-bond acceptors (Lipinski definition) is 8. The molecule has 6 nitrogen and oxygen atoms in total. The van der Waals surface area contributed by atoms with Gasteiger partial charge < -0.3 is 20.1 Å². The number of carbonyl (C=O) groups is 1. The van der Waals surface area contributed by atoms with Gasteiger partial charge in [0.2, 0.25) is 0 Å². The SMILES string of the molecule is CCSc1cc(-c2ccc(/C(=C/C(=N)C(F)(F)F)NCC(=O)OCCN(C)C)s2)ccc1CO. The number of nitrogens with zero attached hydrogens (tertiary/aromatic N) is 1. The maximum absolute atomic E-state index is 13.0. The first-order chi connectivity index (χ1) is 16.0. The Balaban J connectivity index is 2.27. The molecule has 0 atom stereocenters. The zero-order chi connectivity index (χ0) is 25.3. The summed E-state index contributed by atoms with van der Waals surface area (Å²) in [6, 6.07) is 9.03. The smallest absolute Gasteiger partial charge is 0.432 e. The van der Waals surface area contributed by atoms with E-state index in [4.69, 9.17) is 10.1 Å². The molecular weight excluding hydrogens is 487 g/mol. The molecule has 34 heavy (non-hydrogen) atoms. The van der Waals surface area contributed by atoms with Crippen LogP contribution in [0.25, 0.3) is 16.1 Å². The Morgan fingerprint density at radius 1 is 1.29 bits per heavy atom. The second kappa shape index (κ2) is 12.9. The van der Waals surface area contributed by atoms with Crippen LogP contribution in [0.4, 0.5) is 13.2 Å². The fourth-order valence-corrected chi connectivity index (χ4v) is 4.60. The number of aliphatic hydroxyl groups excluding tert-OH is 1. The zero-order valence-corrected chi connectivity index (χ0v) is 20.8. The molecule has 0 spiro atoms. The number of rotatable bonds is 12. The molecule has 186 valence electrons. The number of allylic oxidation sites excluding steroid dienone is 1. The van der Waals surface area contributed by atoms with Crippen molar-refractivity contribution in [3.8, 4) is 10.4 Å². The lowest BCUT2D eigenvalue weighted by Crippen LogP contribution is -2.28. The fraction of sp³-hybridized carbons (Fsp3) is 0.391. The minimum Gasteiger partial charge on any atom is -0.463 e. The number of thioether (sulfide) groups is 1. The number of nitrogens with one attached hydrogen (secondary N) is 2. The summed E-state index contributed by atoms with van der Waals surface area (Å²) in [5.74, 6) is 0.219. The van der Waals surface area contributed by atoms with Gasteiger partial charge in [-0.2, -0.15) is 13.2 Å². The maximum atomic E-state index is 13.0. The van der Waals surface area contributed by atoms with Crippen LogP contribution in [0, 0.1) is 5.41 Å². The third-order valence-corrected chi connectivity index (χ3v) is 6.66. The molecule has 0 saturated carbocycles. The van der Waals surface area contributed by atoms with Crippen LogP contribution in [0.5, 0.6) is 0 Å². The van der Waals surface area contributed by atoms with E-state index in [2.05, 4.69) is 5.32 Å². The second-order valence-corrected chi connectivity index (χ2v) is 9.81. The van der Waals surface area contributed by atoms with Crippen LogP contribution in [0.2, 0.25) is 0 Å². The van der Waals surface area contributed by atoms with Crippen molar-refractivity contribution < 1.29 is 27.8 Å². The van der Waals surface area contributed by atoms with Crippen molar-refractivity contribution in [2.45, 2.75) is 24.6 Å². The first kappa shape index (κ1) is 27.9. The Bertz CT molecular complexity index is 1020. The van der Waals surface area contributed by atoms with Crippen LogP contribution in [0.3, 0.4) is 0 Å². The fourth-order valence-electron chi connectivity index (χ4n) is 2.76. The minimum atomic E-state index is -4.81. The van der Waals surface area contributed by atoms with Crippen molar-refractivity contribution in [1.29, 1.82) is 5.41 Å². The van der Waals surface area contributed by atoms with E-state index in [-0.39, 0.29) is 25.5 Å². The van der Waals surface area contributed by atoms with Gasteiger partial charge in [-0.3, -0.25) is 10.2 Å². The zero-order valence-electron chi connectivity index (χ0n) is 19.2. The molecule has 0 unspecified atom stereocenters. The molecule has 0 radical (unpaired) electrons. The van der Waals surface area contributed by atoms with Crippen LogP contribution in [-0.4, -0.2) is 67.4 Å². The molecule has 3 N–H and O–H groups in total. The number of benzene rings is 1. The number of ether oxygens (including phenoxy) is 1. The quantitative estimate of drug-likeness (QED) is 0.217. The largest absolute Gasteiger partial charge is 0.463 e. The summed E-state index contributed by atoms with van der Waals surface area (Å²) in [6.45, 7) is 2.27. The summed E-state index contributed by atoms with van der Waals surface area (Å²) >= 11 is 2.83. The summed E-state index contributed by atoms with van der Waals surface area (Å²) in [4.78, 5) is 16.0. The van der Waals surface area contributed by atoms with E-state index in [0.29, 0.717) is 17.5 Å². The Kier molecular flexibility index (Phi) is 10.6. The Morgan fingerprint density at radius 2 is 2.03 bits per heavy atom. The number of hydrogen-bond donors (Lipinski definition) is 3. The number of likely N-dealkylation sites (N-methyl/N-ethyl adjacent to an activating group) is 1. The van der Waals surface area contributed by atoms with Gasteiger partial charge in [0.1, 0.15) is 18.9 Å². The van der Waals surface area contributed by atoms with E-state index < -0.39 is 17.9 Å². The van der Waals surface area contributed by atoms with Crippen molar-refractivity contribution in [3.05, 3.63) is 46.8 Å². The predicted octanol–water partition coefficient (Wildman–Crippen LogP) is 4.64. The number of esters is 1. The van der Waals surface area contributed by atoms with Crippen molar-refractivity contribution in [2.24, 2.45) is 0 Å². The molecular formula is C23H28F3N3O3S2. The maximum Gasteiger partial charge on any atom is 0.432 e. The number of thiophene rings is 1. The molecule has 0 aliphatic heterocycles. The molecule has 0 aliphatic carbocycles. The van der Waals surface area contributed by atoms with Crippen molar-refractivity contribution in [1.82, 2.24) is 10.2 Å². The summed E-state index contributed by atoms with van der Waals surface area (Å²) in [5.41, 5.74) is 0.150. The molecule has 2 rings (SSSR count). The Labute approximate surface area is 205 Å². The summed E-state index contributed by atoms with van der Waals surface area (Å²) in [5, 5.41) is 19.6. The summed E-state index contributed by atoms with van der Waals surface area (Å²) in [6.07, 6.45) is -4.14. The van der Waals surface area contributed by atoms with Crippen molar-refractivity contribution in [2.75, 3.05) is 39.5 Å². The van der Waals surface area contributed by atoms with E-state index in [9.17, 15) is 23.1 Å². The Morgan fingerprint density at radius 3 is 2.65 bits per heavy atom. The lowest BCUT2D eigenvalue weighted by Gasteiger charge is -2.13. The molecule has 0 saturated heterocycles. The van der Waals surface area contributed by atoms with Crippen molar-refractivity contribution in [3.63, 3.8) is 0 Å². The third kappa shape index (κ3) is 8.46. The predicted molar refractivity (Wildman–Crippen MR) is 131 cm³/mol. The van der Waals surface area contributed by atoms with Crippen LogP contribution < -0.4 is 5.32 Å². The monoisotopic (exact) mass is 515 g/mol. The molecule has 1 aromatic heterocycles. The van der Waals surface area contributed by atoms with E-state index in [0.717, 1.165) is 26.7 Å².